The molecule has 19 heavy (non-hydrogen) atoms. The number of alkyl halides is 1. The number of halogens is 1. The van der Waals surface area contributed by atoms with E-state index in [1.807, 2.05) is 18.2 Å². The lowest BCUT2D eigenvalue weighted by molar-refractivity contribution is -0.131. The number of carbonyl (C=O) groups is 1. The second-order valence-electron chi connectivity index (χ2n) is 5.43. The summed E-state index contributed by atoms with van der Waals surface area (Å²) in [4.78, 5) is 12.6. The minimum absolute atomic E-state index is 0.0938. The number of hydrogen-bond donors (Lipinski definition) is 1. The number of amides is 1. The zero-order valence-corrected chi connectivity index (χ0v) is 13.1. The van der Waals surface area contributed by atoms with Gasteiger partial charge in [0.05, 0.1) is 4.83 Å². The molecule has 1 N–H and O–H groups in total. The molecule has 1 aromatic carbocycles. The van der Waals surface area contributed by atoms with E-state index in [1.54, 1.807) is 0 Å². The van der Waals surface area contributed by atoms with Crippen LogP contribution in [0.5, 0.6) is 0 Å². The van der Waals surface area contributed by atoms with E-state index in [0.29, 0.717) is 6.54 Å². The molecule has 3 heteroatoms. The molecule has 0 saturated heterocycles. The van der Waals surface area contributed by atoms with E-state index in [2.05, 4.69) is 40.3 Å². The van der Waals surface area contributed by atoms with Gasteiger partial charge in [0.25, 0.3) is 0 Å². The molecule has 0 bridgehead atoms. The maximum atomic E-state index is 12.4. The first kappa shape index (κ1) is 14.6. The molecular weight excluding hydrogens is 302 g/mol. The Morgan fingerprint density at radius 3 is 2.53 bits per heavy atom. The third-order valence-electron chi connectivity index (χ3n) is 4.32. The molecule has 1 aliphatic rings. The van der Waals surface area contributed by atoms with E-state index in [9.17, 15) is 4.79 Å². The largest absolute Gasteiger partial charge is 0.354 e. The van der Waals surface area contributed by atoms with Gasteiger partial charge >= 0.3 is 0 Å². The van der Waals surface area contributed by atoms with Crippen molar-refractivity contribution < 1.29 is 4.79 Å². The summed E-state index contributed by atoms with van der Waals surface area (Å²) < 4.78 is 0. The van der Waals surface area contributed by atoms with Crippen LogP contribution >= 0.6 is 15.9 Å². The highest BCUT2D eigenvalue weighted by Gasteiger charge is 2.39. The summed E-state index contributed by atoms with van der Waals surface area (Å²) in [6.07, 6.45) is 5.44. The van der Waals surface area contributed by atoms with Gasteiger partial charge in [-0.1, -0.05) is 66.0 Å². The Balaban J connectivity index is 1.90. The van der Waals surface area contributed by atoms with Crippen molar-refractivity contribution in [3.05, 3.63) is 35.9 Å². The highest BCUT2D eigenvalue weighted by molar-refractivity contribution is 9.09. The Kier molecular flexibility index (Phi) is 5.03. The molecule has 1 amide bonds. The highest BCUT2D eigenvalue weighted by Crippen LogP contribution is 2.41. The van der Waals surface area contributed by atoms with E-state index >= 15 is 0 Å². The van der Waals surface area contributed by atoms with Gasteiger partial charge in [-0.25, -0.2) is 0 Å². The van der Waals surface area contributed by atoms with Gasteiger partial charge in [-0.3, -0.25) is 4.79 Å². The van der Waals surface area contributed by atoms with Gasteiger partial charge < -0.3 is 5.32 Å². The first-order valence-corrected chi connectivity index (χ1v) is 8.07. The predicted octanol–water partition coefficient (Wildman–Crippen LogP) is 4.21. The molecule has 0 radical (unpaired) electrons. The zero-order chi connectivity index (χ0) is 13.7. The average molecular weight is 324 g/mol. The van der Waals surface area contributed by atoms with E-state index in [-0.39, 0.29) is 16.1 Å². The summed E-state index contributed by atoms with van der Waals surface area (Å²) in [5.41, 5.74) is 1.11. The maximum absolute atomic E-state index is 12.4. The minimum atomic E-state index is -0.0938. The molecule has 1 unspecified atom stereocenters. The third kappa shape index (κ3) is 3.38. The lowest BCUT2D eigenvalue weighted by Crippen LogP contribution is -2.40. The molecule has 0 spiro atoms. The fourth-order valence-electron chi connectivity index (χ4n) is 2.94. The molecule has 1 fully saturated rings. The second-order valence-corrected chi connectivity index (χ2v) is 6.53. The second kappa shape index (κ2) is 6.56. The van der Waals surface area contributed by atoms with E-state index in [4.69, 9.17) is 0 Å². The summed E-state index contributed by atoms with van der Waals surface area (Å²) in [5.74, 6) is 0.243. The number of nitrogens with one attached hydrogen (secondary N) is 1. The van der Waals surface area contributed by atoms with Crippen molar-refractivity contribution in [2.75, 3.05) is 6.54 Å². The number of benzene rings is 1. The van der Waals surface area contributed by atoms with Crippen LogP contribution in [-0.4, -0.2) is 12.5 Å². The molecule has 0 aliphatic heterocycles. The van der Waals surface area contributed by atoms with Crippen LogP contribution in [0.4, 0.5) is 0 Å². The van der Waals surface area contributed by atoms with Crippen LogP contribution in [0, 0.1) is 5.41 Å². The summed E-state index contributed by atoms with van der Waals surface area (Å²) in [7, 11) is 0. The van der Waals surface area contributed by atoms with Crippen LogP contribution in [0.25, 0.3) is 0 Å². The molecule has 104 valence electrons. The standard InChI is InChI=1S/C16H22BrNO/c1-2-16(10-6-7-11-16)15(19)18-12-14(17)13-8-4-3-5-9-13/h3-5,8-9,14H,2,6-7,10-12H2,1H3,(H,18,19). The summed E-state index contributed by atoms with van der Waals surface area (Å²) in [5, 5.41) is 3.13. The van der Waals surface area contributed by atoms with Gasteiger partial charge in [0.15, 0.2) is 0 Å². The molecular formula is C16H22BrNO. The Bertz CT molecular complexity index is 412. The molecule has 1 saturated carbocycles. The minimum Gasteiger partial charge on any atom is -0.354 e. The Hall–Kier alpha value is -0.830. The third-order valence-corrected chi connectivity index (χ3v) is 5.17. The van der Waals surface area contributed by atoms with Crippen molar-refractivity contribution in [1.82, 2.24) is 5.32 Å². The predicted molar refractivity (Wildman–Crippen MR) is 82.3 cm³/mol. The maximum Gasteiger partial charge on any atom is 0.226 e. The van der Waals surface area contributed by atoms with Crippen molar-refractivity contribution in [2.45, 2.75) is 43.9 Å². The highest BCUT2D eigenvalue weighted by atomic mass is 79.9. The normalized spacial score (nSPS) is 19.1. The van der Waals surface area contributed by atoms with Crippen molar-refractivity contribution >= 4 is 21.8 Å². The van der Waals surface area contributed by atoms with Gasteiger partial charge in [-0.05, 0) is 24.8 Å². The molecule has 1 aliphatic carbocycles. The van der Waals surface area contributed by atoms with Crippen LogP contribution in [0.1, 0.15) is 49.4 Å². The van der Waals surface area contributed by atoms with Crippen LogP contribution in [-0.2, 0) is 4.79 Å². The summed E-state index contributed by atoms with van der Waals surface area (Å²) in [6, 6.07) is 10.2. The van der Waals surface area contributed by atoms with E-state index < -0.39 is 0 Å². The first-order valence-electron chi connectivity index (χ1n) is 7.15. The van der Waals surface area contributed by atoms with Gasteiger partial charge in [0.2, 0.25) is 5.91 Å². The van der Waals surface area contributed by atoms with E-state index in [0.717, 1.165) is 19.3 Å². The molecule has 0 heterocycles. The van der Waals surface area contributed by atoms with Gasteiger partial charge in [-0.2, -0.15) is 0 Å². The first-order chi connectivity index (χ1) is 9.18. The van der Waals surface area contributed by atoms with Crippen LogP contribution < -0.4 is 5.32 Å². The van der Waals surface area contributed by atoms with E-state index in [1.165, 1.54) is 18.4 Å². The smallest absolute Gasteiger partial charge is 0.226 e. The summed E-state index contributed by atoms with van der Waals surface area (Å²) in [6.45, 7) is 2.79. The molecule has 2 rings (SSSR count). The molecule has 1 atom stereocenters. The lowest BCUT2D eigenvalue weighted by Gasteiger charge is -2.26. The fourth-order valence-corrected chi connectivity index (χ4v) is 3.41. The summed E-state index contributed by atoms with van der Waals surface area (Å²) >= 11 is 3.65. The molecule has 1 aromatic rings. The van der Waals surface area contributed by atoms with Gasteiger partial charge in [0.1, 0.15) is 0 Å². The Morgan fingerprint density at radius 1 is 1.32 bits per heavy atom. The molecule has 2 nitrogen and oxygen atoms in total. The van der Waals surface area contributed by atoms with Crippen molar-refractivity contribution in [2.24, 2.45) is 5.41 Å². The average Bonchev–Trinajstić information content (AvgIpc) is 2.95. The van der Waals surface area contributed by atoms with Gasteiger partial charge in [-0.15, -0.1) is 0 Å². The number of carbonyl (C=O) groups excluding carboxylic acids is 1. The van der Waals surface area contributed by atoms with Crippen LogP contribution in [0.2, 0.25) is 0 Å². The Morgan fingerprint density at radius 2 is 1.95 bits per heavy atom. The number of rotatable bonds is 5. The lowest BCUT2D eigenvalue weighted by atomic mass is 9.82. The fraction of sp³-hybridized carbons (Fsp3) is 0.562. The van der Waals surface area contributed by atoms with Crippen LogP contribution in [0.15, 0.2) is 30.3 Å². The van der Waals surface area contributed by atoms with Crippen molar-refractivity contribution in [3.8, 4) is 0 Å². The van der Waals surface area contributed by atoms with Crippen molar-refractivity contribution in [1.29, 1.82) is 0 Å². The van der Waals surface area contributed by atoms with Crippen molar-refractivity contribution in [3.63, 3.8) is 0 Å². The SMILES string of the molecule is CCC1(C(=O)NCC(Br)c2ccccc2)CCCC1. The topological polar surface area (TPSA) is 29.1 Å². The van der Waals surface area contributed by atoms with Gasteiger partial charge in [0, 0.05) is 12.0 Å². The zero-order valence-electron chi connectivity index (χ0n) is 11.5. The number of hydrogen-bond acceptors (Lipinski definition) is 1. The van der Waals surface area contributed by atoms with Crippen LogP contribution in [0.3, 0.4) is 0 Å². The Labute approximate surface area is 124 Å². The monoisotopic (exact) mass is 323 g/mol. The quantitative estimate of drug-likeness (QED) is 0.808. The molecule has 0 aromatic heterocycles.